The van der Waals surface area contributed by atoms with Crippen LogP contribution in [0.5, 0.6) is 0 Å². The molecule has 0 N–H and O–H groups in total. The molecule has 0 aromatic carbocycles. The number of ether oxygens (including phenoxy) is 1. The fourth-order valence-electron chi connectivity index (χ4n) is 2.91. The van der Waals surface area contributed by atoms with Crippen molar-refractivity contribution >= 4 is 5.78 Å². The summed E-state index contributed by atoms with van der Waals surface area (Å²) in [7, 11) is 0. The van der Waals surface area contributed by atoms with Crippen molar-refractivity contribution in [1.29, 1.82) is 0 Å². The number of hydrogen-bond acceptors (Lipinski definition) is 2. The Labute approximate surface area is 92.7 Å². The molecule has 2 unspecified atom stereocenters. The molecule has 2 rings (SSSR count). The van der Waals surface area contributed by atoms with Gasteiger partial charge in [-0.2, -0.15) is 0 Å². The van der Waals surface area contributed by atoms with E-state index in [0.29, 0.717) is 12.3 Å². The topological polar surface area (TPSA) is 29.6 Å². The maximum atomic E-state index is 11.3. The maximum absolute atomic E-state index is 11.3. The molecule has 0 radical (unpaired) electrons. The zero-order valence-corrected chi connectivity index (χ0v) is 10.7. The first-order valence-electron chi connectivity index (χ1n) is 5.84. The number of carbonyl (C=O) groups is 1. The van der Waals surface area contributed by atoms with Gasteiger partial charge in [0.2, 0.25) is 0 Å². The van der Waals surface area contributed by atoms with Crippen LogP contribution in [0.25, 0.3) is 0 Å². The van der Waals surface area contributed by atoms with E-state index in [0.717, 1.165) is 5.57 Å². The Morgan fingerprint density at radius 3 is 2.33 bits per heavy atom. The lowest BCUT2D eigenvalue weighted by atomic mass is 9.73. The highest BCUT2D eigenvalue weighted by Gasteiger charge is 2.70. The van der Waals surface area contributed by atoms with E-state index in [1.807, 2.05) is 27.7 Å². The highest BCUT2D eigenvalue weighted by atomic mass is 16.6. The number of rotatable bonds is 1. The zero-order chi connectivity index (χ0) is 11.9. The standard InChI is InChI=1S/C11H16O2.C2H6/c1-7(2)11-8(3)5-9(12)6-10(11,4)13-11;1-2/h5,7H,6H2,1-4H3;1-2H3. The van der Waals surface area contributed by atoms with Crippen molar-refractivity contribution in [2.75, 3.05) is 0 Å². The molecule has 86 valence electrons. The third kappa shape index (κ3) is 1.55. The lowest BCUT2D eigenvalue weighted by molar-refractivity contribution is -0.115. The molecular weight excluding hydrogens is 188 g/mol. The molecule has 0 spiro atoms. The van der Waals surface area contributed by atoms with Crippen LogP contribution in [0.2, 0.25) is 0 Å². The van der Waals surface area contributed by atoms with Gasteiger partial charge in [0.25, 0.3) is 0 Å². The van der Waals surface area contributed by atoms with Crippen molar-refractivity contribution in [3.8, 4) is 0 Å². The Balaban J connectivity index is 0.000000531. The molecule has 1 aliphatic heterocycles. The SMILES string of the molecule is CC.CC1=CC(=O)CC2(C)OC12C(C)C. The Hall–Kier alpha value is -0.630. The molecule has 2 atom stereocenters. The average molecular weight is 210 g/mol. The van der Waals surface area contributed by atoms with Crippen LogP contribution in [-0.4, -0.2) is 17.0 Å². The van der Waals surface area contributed by atoms with E-state index in [1.165, 1.54) is 0 Å². The van der Waals surface area contributed by atoms with Crippen molar-refractivity contribution in [3.63, 3.8) is 0 Å². The molecular formula is C13H22O2. The summed E-state index contributed by atoms with van der Waals surface area (Å²) in [5, 5.41) is 0. The van der Waals surface area contributed by atoms with Gasteiger partial charge in [0.1, 0.15) is 11.2 Å². The van der Waals surface area contributed by atoms with Gasteiger partial charge in [-0.05, 0) is 31.4 Å². The van der Waals surface area contributed by atoms with Gasteiger partial charge >= 0.3 is 0 Å². The van der Waals surface area contributed by atoms with Gasteiger partial charge in [0.05, 0.1) is 0 Å². The van der Waals surface area contributed by atoms with Crippen LogP contribution in [0, 0.1) is 5.92 Å². The van der Waals surface area contributed by atoms with Crippen molar-refractivity contribution < 1.29 is 9.53 Å². The van der Waals surface area contributed by atoms with E-state index in [9.17, 15) is 4.79 Å². The zero-order valence-electron chi connectivity index (χ0n) is 10.7. The summed E-state index contributed by atoms with van der Waals surface area (Å²) in [5.74, 6) is 0.649. The molecule has 1 fully saturated rings. The predicted octanol–water partition coefficient (Wildman–Crippen LogP) is 3.12. The monoisotopic (exact) mass is 210 g/mol. The summed E-state index contributed by atoms with van der Waals surface area (Å²) in [6, 6.07) is 0. The van der Waals surface area contributed by atoms with Crippen LogP contribution in [0.3, 0.4) is 0 Å². The summed E-state index contributed by atoms with van der Waals surface area (Å²) >= 11 is 0. The second-order valence-electron chi connectivity index (χ2n) is 4.69. The smallest absolute Gasteiger partial charge is 0.158 e. The highest BCUT2D eigenvalue weighted by Crippen LogP contribution is 2.60. The Morgan fingerprint density at radius 2 is 1.93 bits per heavy atom. The van der Waals surface area contributed by atoms with Crippen LogP contribution in [-0.2, 0) is 9.53 Å². The van der Waals surface area contributed by atoms with E-state index >= 15 is 0 Å². The maximum Gasteiger partial charge on any atom is 0.158 e. The van der Waals surface area contributed by atoms with Crippen LogP contribution < -0.4 is 0 Å². The minimum absolute atomic E-state index is 0.138. The first-order chi connectivity index (χ1) is 6.92. The summed E-state index contributed by atoms with van der Waals surface area (Å²) in [6.07, 6.45) is 2.29. The van der Waals surface area contributed by atoms with Crippen LogP contribution in [0.4, 0.5) is 0 Å². The van der Waals surface area contributed by atoms with E-state index in [-0.39, 0.29) is 17.0 Å². The summed E-state index contributed by atoms with van der Waals surface area (Å²) in [6.45, 7) is 12.3. The summed E-state index contributed by atoms with van der Waals surface area (Å²) in [5.41, 5.74) is 0.749. The molecule has 2 heteroatoms. The Bertz CT molecular complexity index is 304. The Morgan fingerprint density at radius 1 is 1.40 bits per heavy atom. The van der Waals surface area contributed by atoms with Gasteiger partial charge in [-0.25, -0.2) is 0 Å². The normalized spacial score (nSPS) is 37.8. The van der Waals surface area contributed by atoms with Crippen LogP contribution in [0.1, 0.15) is 48.0 Å². The van der Waals surface area contributed by atoms with E-state index in [4.69, 9.17) is 4.74 Å². The molecule has 0 aromatic heterocycles. The quantitative estimate of drug-likeness (QED) is 0.622. The minimum atomic E-state index is -0.211. The molecule has 0 aromatic rings. The second kappa shape index (κ2) is 3.75. The molecule has 2 nitrogen and oxygen atoms in total. The van der Waals surface area contributed by atoms with Crippen molar-refractivity contribution in [2.24, 2.45) is 5.92 Å². The van der Waals surface area contributed by atoms with E-state index in [2.05, 4.69) is 13.8 Å². The van der Waals surface area contributed by atoms with Crippen LogP contribution >= 0.6 is 0 Å². The molecule has 1 aliphatic carbocycles. The van der Waals surface area contributed by atoms with Crippen molar-refractivity contribution in [1.82, 2.24) is 0 Å². The average Bonchev–Trinajstić information content (AvgIpc) is 2.76. The highest BCUT2D eigenvalue weighted by molar-refractivity contribution is 5.94. The van der Waals surface area contributed by atoms with Gasteiger partial charge in [0.15, 0.2) is 5.78 Å². The van der Waals surface area contributed by atoms with Gasteiger partial charge in [-0.3, -0.25) is 4.79 Å². The van der Waals surface area contributed by atoms with Crippen LogP contribution in [0.15, 0.2) is 11.6 Å². The molecule has 0 bridgehead atoms. The third-order valence-corrected chi connectivity index (χ3v) is 3.42. The van der Waals surface area contributed by atoms with Crippen molar-refractivity contribution in [2.45, 2.75) is 59.2 Å². The third-order valence-electron chi connectivity index (χ3n) is 3.42. The molecule has 0 saturated carbocycles. The number of allylic oxidation sites excluding steroid dienone is 1. The van der Waals surface area contributed by atoms with E-state index < -0.39 is 0 Å². The van der Waals surface area contributed by atoms with Gasteiger partial charge in [-0.15, -0.1) is 0 Å². The fourth-order valence-corrected chi connectivity index (χ4v) is 2.91. The molecule has 0 amide bonds. The van der Waals surface area contributed by atoms with Gasteiger partial charge in [-0.1, -0.05) is 27.7 Å². The van der Waals surface area contributed by atoms with E-state index in [1.54, 1.807) is 6.08 Å². The molecule has 15 heavy (non-hydrogen) atoms. The van der Waals surface area contributed by atoms with Gasteiger partial charge in [0, 0.05) is 6.42 Å². The first kappa shape index (κ1) is 12.4. The number of ketones is 1. The largest absolute Gasteiger partial charge is 0.357 e. The summed E-state index contributed by atoms with van der Waals surface area (Å²) < 4.78 is 5.81. The second-order valence-corrected chi connectivity index (χ2v) is 4.69. The lowest BCUT2D eigenvalue weighted by Gasteiger charge is -2.24. The lowest BCUT2D eigenvalue weighted by Crippen LogP contribution is -2.35. The molecule has 1 saturated heterocycles. The minimum Gasteiger partial charge on any atom is -0.357 e. The number of epoxide rings is 1. The number of carbonyl (C=O) groups excluding carboxylic acids is 1. The predicted molar refractivity (Wildman–Crippen MR) is 61.8 cm³/mol. The number of hydrogen-bond donors (Lipinski definition) is 0. The molecule has 1 heterocycles. The van der Waals surface area contributed by atoms with Gasteiger partial charge < -0.3 is 4.74 Å². The molecule has 2 aliphatic rings. The van der Waals surface area contributed by atoms with Crippen molar-refractivity contribution in [3.05, 3.63) is 11.6 Å². The first-order valence-corrected chi connectivity index (χ1v) is 5.84. The number of fused-ring (bicyclic) bond motifs is 1. The fraction of sp³-hybridized carbons (Fsp3) is 0.769. The Kier molecular flexibility index (Phi) is 3.11. The summed E-state index contributed by atoms with van der Waals surface area (Å²) in [4.78, 5) is 11.3.